The van der Waals surface area contributed by atoms with Crippen molar-refractivity contribution < 1.29 is 0 Å². The van der Waals surface area contributed by atoms with E-state index >= 15 is 0 Å². The van der Waals surface area contributed by atoms with Gasteiger partial charge in [0.1, 0.15) is 0 Å². The van der Waals surface area contributed by atoms with Crippen molar-refractivity contribution in [2.24, 2.45) is 0 Å². The molecule has 0 saturated heterocycles. The van der Waals surface area contributed by atoms with Crippen LogP contribution in [0.3, 0.4) is 0 Å². The summed E-state index contributed by atoms with van der Waals surface area (Å²) in [5.74, 6) is 0. The molecule has 204 valence electrons. The fraction of sp³-hybridized carbons (Fsp3) is 0.0500. The molecule has 0 aliphatic heterocycles. The molecule has 2 heteroatoms. The van der Waals surface area contributed by atoms with E-state index in [1.807, 2.05) is 0 Å². The zero-order chi connectivity index (χ0) is 28.7. The molecule has 0 atom stereocenters. The molecule has 0 bridgehead atoms. The van der Waals surface area contributed by atoms with E-state index < -0.39 is 36.8 Å². The number of allylic oxidation sites excluding steroid dienone is 1. The quantitative estimate of drug-likeness (QED) is 0.121. The Morgan fingerprint density at radius 2 is 0.476 bits per heavy atom. The van der Waals surface area contributed by atoms with Gasteiger partial charge in [-0.1, -0.05) is 0 Å². The van der Waals surface area contributed by atoms with Crippen LogP contribution >= 0.6 is 0 Å². The zero-order valence-electron chi connectivity index (χ0n) is 23.9. The van der Waals surface area contributed by atoms with Crippen molar-refractivity contribution in [2.75, 3.05) is 0 Å². The van der Waals surface area contributed by atoms with Crippen LogP contribution in [0.1, 0.15) is 0 Å². The van der Waals surface area contributed by atoms with Gasteiger partial charge in [-0.25, -0.2) is 0 Å². The molecule has 0 aliphatic carbocycles. The Hall–Kier alpha value is -3.34. The Labute approximate surface area is 259 Å². The van der Waals surface area contributed by atoms with Gasteiger partial charge in [-0.3, -0.25) is 0 Å². The van der Waals surface area contributed by atoms with Gasteiger partial charge in [0.15, 0.2) is 0 Å². The molecule has 0 aliphatic rings. The molecular formula is C40H36Sn2. The third kappa shape index (κ3) is 5.67. The summed E-state index contributed by atoms with van der Waals surface area (Å²) in [4.78, 5) is 0. The molecule has 0 amide bonds. The molecule has 0 N–H and O–H groups in total. The number of benzene rings is 6. The molecule has 0 heterocycles. The van der Waals surface area contributed by atoms with E-state index in [1.54, 1.807) is 0 Å². The van der Waals surface area contributed by atoms with Gasteiger partial charge in [0.2, 0.25) is 0 Å². The van der Waals surface area contributed by atoms with Crippen LogP contribution in [0.5, 0.6) is 0 Å². The van der Waals surface area contributed by atoms with Crippen molar-refractivity contribution in [3.05, 3.63) is 194 Å². The number of hydrogen-bond acceptors (Lipinski definition) is 0. The van der Waals surface area contributed by atoms with Gasteiger partial charge in [-0.05, 0) is 0 Å². The number of hydrogen-bond donors (Lipinski definition) is 0. The first-order chi connectivity index (χ1) is 20.7. The van der Waals surface area contributed by atoms with Crippen LogP contribution in [0.15, 0.2) is 194 Å². The second kappa shape index (κ2) is 13.3. The Kier molecular flexibility index (Phi) is 9.12. The fourth-order valence-electron chi connectivity index (χ4n) is 6.76. The molecule has 0 saturated carbocycles. The van der Waals surface area contributed by atoms with Gasteiger partial charge in [0.05, 0.1) is 0 Å². The minimum atomic E-state index is -3.53. The standard InChI is InChI=1S/6C6H5.C4H6.2Sn/c6*1-2-4-6-5-3-1;1-4(2)3;;/h6*1-5H;1-3H2;;. The summed E-state index contributed by atoms with van der Waals surface area (Å²) in [5, 5.41) is 0. The Balaban J connectivity index is 1.55. The monoisotopic (exact) mass is 756 g/mol. The third-order valence-corrected chi connectivity index (χ3v) is 37.1. The third-order valence-electron chi connectivity index (χ3n) is 8.63. The van der Waals surface area contributed by atoms with Gasteiger partial charge in [0.25, 0.3) is 0 Å². The molecule has 0 spiro atoms. The van der Waals surface area contributed by atoms with E-state index in [9.17, 15) is 0 Å². The van der Waals surface area contributed by atoms with Crippen molar-refractivity contribution in [1.29, 1.82) is 0 Å². The molecule has 6 aromatic rings. The molecule has 0 fully saturated rings. The fourth-order valence-corrected chi connectivity index (χ4v) is 36.0. The van der Waals surface area contributed by atoms with E-state index in [0.29, 0.717) is 0 Å². The maximum absolute atomic E-state index is 4.98. The van der Waals surface area contributed by atoms with Gasteiger partial charge in [-0.2, -0.15) is 0 Å². The van der Waals surface area contributed by atoms with Crippen LogP contribution in [-0.2, 0) is 0 Å². The molecular weight excluding hydrogens is 718 g/mol. The molecule has 42 heavy (non-hydrogen) atoms. The minimum absolute atomic E-state index is 1.04. The van der Waals surface area contributed by atoms with Gasteiger partial charge in [-0.15, -0.1) is 0 Å². The first-order valence-electron chi connectivity index (χ1n) is 14.7. The first-order valence-corrected chi connectivity index (χ1v) is 27.3. The molecule has 0 aromatic heterocycles. The van der Waals surface area contributed by atoms with Crippen LogP contribution in [-0.4, -0.2) is 36.8 Å². The van der Waals surface area contributed by atoms with E-state index in [1.165, 1.54) is 27.0 Å². The van der Waals surface area contributed by atoms with Crippen molar-refractivity contribution in [3.8, 4) is 0 Å². The average molecular weight is 754 g/mol. The van der Waals surface area contributed by atoms with Gasteiger partial charge >= 0.3 is 261 Å². The predicted molar refractivity (Wildman–Crippen MR) is 187 cm³/mol. The Morgan fingerprint density at radius 1 is 0.310 bits per heavy atom. The average Bonchev–Trinajstić information content (AvgIpc) is 3.08. The van der Waals surface area contributed by atoms with Crippen LogP contribution in [0, 0.1) is 0 Å². The van der Waals surface area contributed by atoms with E-state index in [4.69, 9.17) is 6.58 Å². The zero-order valence-corrected chi connectivity index (χ0v) is 29.7. The SMILES string of the molecule is C=C([CH2][Sn]([c]1ccccc1)([c]1ccccc1)[c]1ccccc1)[CH2][Sn]([c]1ccccc1)([c]1ccccc1)[c]1ccccc1. The van der Waals surface area contributed by atoms with Crippen molar-refractivity contribution >= 4 is 58.2 Å². The molecule has 0 unspecified atom stereocenters. The van der Waals surface area contributed by atoms with Crippen molar-refractivity contribution in [3.63, 3.8) is 0 Å². The Bertz CT molecular complexity index is 1380. The van der Waals surface area contributed by atoms with Crippen LogP contribution in [0.25, 0.3) is 0 Å². The van der Waals surface area contributed by atoms with Crippen LogP contribution in [0.2, 0.25) is 8.87 Å². The summed E-state index contributed by atoms with van der Waals surface area (Å²) in [7, 11) is 0. The summed E-state index contributed by atoms with van der Waals surface area (Å²) in [5.41, 5.74) is 1.38. The summed E-state index contributed by atoms with van der Waals surface area (Å²) in [6, 6.07) is 68.1. The van der Waals surface area contributed by atoms with Crippen molar-refractivity contribution in [1.82, 2.24) is 0 Å². The van der Waals surface area contributed by atoms with E-state index in [0.717, 1.165) is 8.87 Å². The summed E-state index contributed by atoms with van der Waals surface area (Å²) in [6.45, 7) is 4.98. The molecule has 0 radical (unpaired) electrons. The topological polar surface area (TPSA) is 0 Å². The second-order valence-corrected chi connectivity index (χ2v) is 33.4. The van der Waals surface area contributed by atoms with Gasteiger partial charge < -0.3 is 0 Å². The second-order valence-electron chi connectivity index (χ2n) is 11.1. The first kappa shape index (κ1) is 28.8. The van der Waals surface area contributed by atoms with Crippen LogP contribution < -0.4 is 21.5 Å². The molecule has 6 rings (SSSR count). The normalized spacial score (nSPS) is 11.6. The van der Waals surface area contributed by atoms with Crippen molar-refractivity contribution in [2.45, 2.75) is 8.87 Å². The summed E-state index contributed by atoms with van der Waals surface area (Å²) >= 11 is -7.06. The van der Waals surface area contributed by atoms with Crippen LogP contribution in [0.4, 0.5) is 0 Å². The predicted octanol–water partition coefficient (Wildman–Crippen LogP) is 5.88. The maximum atomic E-state index is 4.98. The summed E-state index contributed by atoms with van der Waals surface area (Å²) < 4.78 is 11.1. The Morgan fingerprint density at radius 3 is 0.643 bits per heavy atom. The van der Waals surface area contributed by atoms with Gasteiger partial charge in [0, 0.05) is 0 Å². The molecule has 0 nitrogen and oxygen atoms in total. The van der Waals surface area contributed by atoms with E-state index in [-0.39, 0.29) is 0 Å². The summed E-state index contributed by atoms with van der Waals surface area (Å²) in [6.07, 6.45) is 0. The molecule has 6 aromatic carbocycles. The van der Waals surface area contributed by atoms with E-state index in [2.05, 4.69) is 182 Å². The number of rotatable bonds is 10.